The summed E-state index contributed by atoms with van der Waals surface area (Å²) in [6, 6.07) is 0. The first-order valence-corrected chi connectivity index (χ1v) is 5.16. The molecule has 0 radical (unpaired) electrons. The molecule has 0 aromatic heterocycles. The van der Waals surface area contributed by atoms with Gasteiger partial charge in [0.05, 0.1) is 0 Å². The molecular formula is C10H13ClO2. The Morgan fingerprint density at radius 1 is 1.85 bits per heavy atom. The number of allylic oxidation sites excluding steroid dienone is 2. The molecule has 0 aromatic carbocycles. The third-order valence-electron chi connectivity index (χ3n) is 3.09. The summed E-state index contributed by atoms with van der Waals surface area (Å²) in [6.45, 7) is 2.16. The number of ether oxygens (including phenoxy) is 1. The van der Waals surface area contributed by atoms with E-state index in [4.69, 9.17) is 16.3 Å². The van der Waals surface area contributed by atoms with Crippen molar-refractivity contribution in [2.75, 3.05) is 5.88 Å². The molecule has 2 rings (SSSR count). The van der Waals surface area contributed by atoms with Gasteiger partial charge in [0.15, 0.2) is 0 Å². The Kier molecular flexibility index (Phi) is 2.11. The first-order valence-electron chi connectivity index (χ1n) is 4.63. The van der Waals surface area contributed by atoms with Crippen LogP contribution in [0, 0.1) is 11.3 Å². The van der Waals surface area contributed by atoms with Crippen LogP contribution in [-0.2, 0) is 9.53 Å². The van der Waals surface area contributed by atoms with E-state index in [1.807, 2.05) is 0 Å². The number of carbonyl (C=O) groups excluding carboxylic acids is 1. The van der Waals surface area contributed by atoms with Crippen LogP contribution in [0.1, 0.15) is 26.2 Å². The van der Waals surface area contributed by atoms with E-state index in [0.29, 0.717) is 5.92 Å². The first-order chi connectivity index (χ1) is 6.14. The van der Waals surface area contributed by atoms with Gasteiger partial charge in [-0.05, 0) is 31.3 Å². The highest BCUT2D eigenvalue weighted by Crippen LogP contribution is 2.53. The fourth-order valence-corrected chi connectivity index (χ4v) is 2.43. The maximum absolute atomic E-state index is 11.0. The second-order valence-corrected chi connectivity index (χ2v) is 4.47. The Labute approximate surface area is 82.9 Å². The maximum Gasteiger partial charge on any atom is 0.325 e. The molecule has 0 aliphatic heterocycles. The Hall–Kier alpha value is -0.500. The molecule has 13 heavy (non-hydrogen) atoms. The fraction of sp³-hybridized carbons (Fsp3) is 0.700. The Balaban J connectivity index is 2.09. The van der Waals surface area contributed by atoms with Crippen molar-refractivity contribution in [1.29, 1.82) is 0 Å². The summed E-state index contributed by atoms with van der Waals surface area (Å²) < 4.78 is 5.19. The zero-order valence-electron chi connectivity index (χ0n) is 7.68. The summed E-state index contributed by atoms with van der Waals surface area (Å²) in [5.41, 5.74) is 0.117. The molecule has 2 nitrogen and oxygen atoms in total. The Morgan fingerprint density at radius 2 is 2.62 bits per heavy atom. The molecule has 0 N–H and O–H groups in total. The van der Waals surface area contributed by atoms with Crippen LogP contribution >= 0.6 is 11.6 Å². The van der Waals surface area contributed by atoms with Crippen molar-refractivity contribution in [3.63, 3.8) is 0 Å². The van der Waals surface area contributed by atoms with Crippen molar-refractivity contribution < 1.29 is 9.53 Å². The van der Waals surface area contributed by atoms with Crippen molar-refractivity contribution in [2.45, 2.75) is 26.2 Å². The number of alkyl halides is 1. The predicted molar refractivity (Wildman–Crippen MR) is 50.3 cm³/mol. The van der Waals surface area contributed by atoms with Crippen molar-refractivity contribution >= 4 is 17.6 Å². The molecule has 0 heterocycles. The van der Waals surface area contributed by atoms with Crippen LogP contribution in [0.2, 0.25) is 0 Å². The number of hydrogen-bond donors (Lipinski definition) is 0. The molecule has 2 unspecified atom stereocenters. The highest BCUT2D eigenvalue weighted by Gasteiger charge is 2.45. The normalized spacial score (nSPS) is 36.2. The lowest BCUT2D eigenvalue weighted by atomic mass is 9.88. The van der Waals surface area contributed by atoms with E-state index in [9.17, 15) is 4.79 Å². The minimum atomic E-state index is -0.332. The average Bonchev–Trinajstić information content (AvgIpc) is 2.59. The molecular weight excluding hydrogens is 188 g/mol. The topological polar surface area (TPSA) is 26.3 Å². The summed E-state index contributed by atoms with van der Waals surface area (Å²) in [7, 11) is 0. The van der Waals surface area contributed by atoms with E-state index in [0.717, 1.165) is 18.6 Å². The number of hydrogen-bond acceptors (Lipinski definition) is 2. The highest BCUT2D eigenvalue weighted by atomic mass is 35.5. The molecule has 2 aliphatic carbocycles. The number of esters is 1. The lowest BCUT2D eigenvalue weighted by Gasteiger charge is -2.23. The molecule has 1 fully saturated rings. The predicted octanol–water partition coefficient (Wildman–Crippen LogP) is 2.47. The molecule has 0 amide bonds. The van der Waals surface area contributed by atoms with E-state index in [1.54, 1.807) is 0 Å². The van der Waals surface area contributed by atoms with E-state index >= 15 is 0 Å². The van der Waals surface area contributed by atoms with Gasteiger partial charge in [0, 0.05) is 5.41 Å². The second-order valence-electron chi connectivity index (χ2n) is 4.20. The van der Waals surface area contributed by atoms with Crippen molar-refractivity contribution in [2.24, 2.45) is 11.3 Å². The summed E-state index contributed by atoms with van der Waals surface area (Å²) in [5, 5.41) is 0. The van der Waals surface area contributed by atoms with Crippen LogP contribution in [0.25, 0.3) is 0 Å². The molecule has 1 saturated carbocycles. The lowest BCUT2D eigenvalue weighted by Crippen LogP contribution is -2.18. The first kappa shape index (κ1) is 9.07. The van der Waals surface area contributed by atoms with Gasteiger partial charge in [0.25, 0.3) is 0 Å². The van der Waals surface area contributed by atoms with Gasteiger partial charge in [-0.15, -0.1) is 11.6 Å². The van der Waals surface area contributed by atoms with Gasteiger partial charge in [-0.3, -0.25) is 4.79 Å². The van der Waals surface area contributed by atoms with Gasteiger partial charge in [0.1, 0.15) is 11.6 Å². The van der Waals surface area contributed by atoms with Crippen LogP contribution in [0.3, 0.4) is 0 Å². The molecule has 0 saturated heterocycles. The molecule has 2 bridgehead atoms. The quantitative estimate of drug-likeness (QED) is 0.506. The number of fused-ring (bicyclic) bond motifs is 2. The smallest absolute Gasteiger partial charge is 0.325 e. The summed E-state index contributed by atoms with van der Waals surface area (Å²) in [5.74, 6) is 1.09. The third kappa shape index (κ3) is 1.48. The SMILES string of the molecule is CC12CCC(C=C1OC(=O)CCl)C2. The second kappa shape index (κ2) is 3.02. The summed E-state index contributed by atoms with van der Waals surface area (Å²) >= 11 is 5.38. The Morgan fingerprint density at radius 3 is 3.08 bits per heavy atom. The van der Waals surface area contributed by atoms with Crippen LogP contribution in [0.15, 0.2) is 11.8 Å². The van der Waals surface area contributed by atoms with E-state index in [2.05, 4.69) is 13.0 Å². The number of carbonyl (C=O) groups is 1. The Bertz CT molecular complexity index is 272. The summed E-state index contributed by atoms with van der Waals surface area (Å²) in [4.78, 5) is 11.0. The van der Waals surface area contributed by atoms with Crippen LogP contribution in [-0.4, -0.2) is 11.8 Å². The largest absolute Gasteiger partial charge is 0.430 e. The summed E-state index contributed by atoms with van der Waals surface area (Å²) in [6.07, 6.45) is 5.60. The minimum absolute atomic E-state index is 0.0575. The van der Waals surface area contributed by atoms with E-state index < -0.39 is 0 Å². The van der Waals surface area contributed by atoms with Crippen molar-refractivity contribution in [3.05, 3.63) is 11.8 Å². The molecule has 2 atom stereocenters. The van der Waals surface area contributed by atoms with Crippen molar-refractivity contribution in [1.82, 2.24) is 0 Å². The zero-order valence-corrected chi connectivity index (χ0v) is 8.43. The highest BCUT2D eigenvalue weighted by molar-refractivity contribution is 6.26. The van der Waals surface area contributed by atoms with E-state index in [1.165, 1.54) is 6.42 Å². The van der Waals surface area contributed by atoms with Gasteiger partial charge in [-0.25, -0.2) is 0 Å². The molecule has 3 heteroatoms. The van der Waals surface area contributed by atoms with Gasteiger partial charge in [-0.2, -0.15) is 0 Å². The molecule has 0 spiro atoms. The lowest BCUT2D eigenvalue weighted by molar-refractivity contribution is -0.138. The molecule has 72 valence electrons. The van der Waals surface area contributed by atoms with Gasteiger partial charge < -0.3 is 4.74 Å². The fourth-order valence-electron chi connectivity index (χ4n) is 2.38. The van der Waals surface area contributed by atoms with Crippen LogP contribution in [0.5, 0.6) is 0 Å². The molecule has 0 aromatic rings. The molecule has 2 aliphatic rings. The number of halogens is 1. The zero-order chi connectivity index (χ0) is 9.47. The third-order valence-corrected chi connectivity index (χ3v) is 3.31. The van der Waals surface area contributed by atoms with Gasteiger partial charge in [0.2, 0.25) is 0 Å². The van der Waals surface area contributed by atoms with Crippen molar-refractivity contribution in [3.8, 4) is 0 Å². The van der Waals surface area contributed by atoms with Crippen LogP contribution < -0.4 is 0 Å². The van der Waals surface area contributed by atoms with Crippen LogP contribution in [0.4, 0.5) is 0 Å². The average molecular weight is 201 g/mol. The van der Waals surface area contributed by atoms with Gasteiger partial charge in [-0.1, -0.05) is 6.92 Å². The minimum Gasteiger partial charge on any atom is -0.430 e. The monoisotopic (exact) mass is 200 g/mol. The standard InChI is InChI=1S/C10H13ClO2/c1-10-3-2-7(5-10)4-8(10)13-9(12)6-11/h4,7H,2-3,5-6H2,1H3. The van der Waals surface area contributed by atoms with E-state index in [-0.39, 0.29) is 17.3 Å². The maximum atomic E-state index is 11.0. The van der Waals surface area contributed by atoms with Gasteiger partial charge >= 0.3 is 5.97 Å². The number of rotatable bonds is 2.